The molecule has 2 heteroatoms. The molecule has 0 spiro atoms. The van der Waals surface area contributed by atoms with Crippen molar-refractivity contribution in [3.63, 3.8) is 0 Å². The van der Waals surface area contributed by atoms with Crippen LogP contribution in [-0.2, 0) is 5.41 Å². The molecule has 1 heterocycles. The summed E-state index contributed by atoms with van der Waals surface area (Å²) in [6.07, 6.45) is 0. The lowest BCUT2D eigenvalue weighted by Crippen LogP contribution is -2.10. The molecule has 0 radical (unpaired) electrons. The minimum atomic E-state index is 0.173. The van der Waals surface area contributed by atoms with Gasteiger partial charge in [0.2, 0.25) is 0 Å². The van der Waals surface area contributed by atoms with Gasteiger partial charge in [0.1, 0.15) is 0 Å². The largest absolute Gasteiger partial charge is 0.355 e. The molecule has 3 aromatic rings. The minimum absolute atomic E-state index is 0.173. The van der Waals surface area contributed by atoms with E-state index in [0.29, 0.717) is 0 Å². The first-order valence-corrected chi connectivity index (χ1v) is 7.20. The SMILES string of the molecule is CC(C)(C)c1ccc2[nH]c(-c3ccc(Cl)cc3)cc2c1. The second kappa shape index (κ2) is 4.68. The van der Waals surface area contributed by atoms with Gasteiger partial charge in [-0.3, -0.25) is 0 Å². The number of rotatable bonds is 1. The highest BCUT2D eigenvalue weighted by Gasteiger charge is 2.14. The summed E-state index contributed by atoms with van der Waals surface area (Å²) >= 11 is 5.94. The second-order valence-corrected chi connectivity index (χ2v) is 6.68. The summed E-state index contributed by atoms with van der Waals surface area (Å²) in [7, 11) is 0. The van der Waals surface area contributed by atoms with E-state index < -0.39 is 0 Å². The molecule has 20 heavy (non-hydrogen) atoms. The summed E-state index contributed by atoms with van der Waals surface area (Å²) in [4.78, 5) is 3.47. The van der Waals surface area contributed by atoms with E-state index in [4.69, 9.17) is 11.6 Å². The fraction of sp³-hybridized carbons (Fsp3) is 0.222. The highest BCUT2D eigenvalue weighted by molar-refractivity contribution is 6.30. The van der Waals surface area contributed by atoms with Crippen LogP contribution in [0.2, 0.25) is 5.02 Å². The van der Waals surface area contributed by atoms with Gasteiger partial charge in [0.25, 0.3) is 0 Å². The molecule has 0 bridgehead atoms. The van der Waals surface area contributed by atoms with Gasteiger partial charge < -0.3 is 4.98 Å². The van der Waals surface area contributed by atoms with Gasteiger partial charge in [-0.25, -0.2) is 0 Å². The van der Waals surface area contributed by atoms with Crippen LogP contribution in [0.4, 0.5) is 0 Å². The smallest absolute Gasteiger partial charge is 0.0464 e. The molecule has 0 aliphatic rings. The molecule has 0 atom stereocenters. The van der Waals surface area contributed by atoms with Crippen molar-refractivity contribution >= 4 is 22.5 Å². The van der Waals surface area contributed by atoms with Gasteiger partial charge in [0, 0.05) is 21.6 Å². The predicted molar refractivity (Wildman–Crippen MR) is 87.4 cm³/mol. The highest BCUT2D eigenvalue weighted by Crippen LogP contribution is 2.29. The monoisotopic (exact) mass is 283 g/mol. The Kier molecular flexibility index (Phi) is 3.10. The minimum Gasteiger partial charge on any atom is -0.355 e. The number of hydrogen-bond donors (Lipinski definition) is 1. The van der Waals surface area contributed by atoms with Crippen molar-refractivity contribution in [3.8, 4) is 11.3 Å². The fourth-order valence-electron chi connectivity index (χ4n) is 2.38. The standard InChI is InChI=1S/C18H18ClN/c1-18(2,3)14-6-9-16-13(10-14)11-17(20-16)12-4-7-15(19)8-5-12/h4-11,20H,1-3H3. The first-order valence-electron chi connectivity index (χ1n) is 6.83. The van der Waals surface area contributed by atoms with Crippen LogP contribution in [0.15, 0.2) is 48.5 Å². The number of hydrogen-bond acceptors (Lipinski definition) is 0. The topological polar surface area (TPSA) is 15.8 Å². The lowest BCUT2D eigenvalue weighted by atomic mass is 9.86. The Labute approximate surface area is 124 Å². The second-order valence-electron chi connectivity index (χ2n) is 6.24. The van der Waals surface area contributed by atoms with E-state index in [9.17, 15) is 0 Å². The van der Waals surface area contributed by atoms with Crippen LogP contribution in [0.25, 0.3) is 22.2 Å². The van der Waals surface area contributed by atoms with Crippen molar-refractivity contribution in [2.24, 2.45) is 0 Å². The molecule has 2 aromatic carbocycles. The van der Waals surface area contributed by atoms with Gasteiger partial charge in [-0.05, 0) is 46.9 Å². The van der Waals surface area contributed by atoms with Gasteiger partial charge in [-0.2, -0.15) is 0 Å². The average Bonchev–Trinajstić information content (AvgIpc) is 2.81. The van der Waals surface area contributed by atoms with Crippen LogP contribution in [0.5, 0.6) is 0 Å². The molecule has 0 fully saturated rings. The van der Waals surface area contributed by atoms with E-state index in [1.807, 2.05) is 24.3 Å². The summed E-state index contributed by atoms with van der Waals surface area (Å²) in [5.41, 5.74) is 4.98. The molecule has 0 aliphatic carbocycles. The van der Waals surface area contributed by atoms with Crippen molar-refractivity contribution in [3.05, 3.63) is 59.1 Å². The van der Waals surface area contributed by atoms with E-state index >= 15 is 0 Å². The molecule has 1 nitrogen and oxygen atoms in total. The number of nitrogens with one attached hydrogen (secondary N) is 1. The Morgan fingerprint density at radius 2 is 1.60 bits per heavy atom. The Bertz CT molecular complexity index is 745. The molecule has 1 aromatic heterocycles. The molecule has 1 N–H and O–H groups in total. The maximum atomic E-state index is 5.94. The van der Waals surface area contributed by atoms with Crippen molar-refractivity contribution in [2.75, 3.05) is 0 Å². The summed E-state index contributed by atoms with van der Waals surface area (Å²) in [5.74, 6) is 0. The maximum Gasteiger partial charge on any atom is 0.0464 e. The van der Waals surface area contributed by atoms with Crippen LogP contribution >= 0.6 is 11.6 Å². The van der Waals surface area contributed by atoms with Crippen molar-refractivity contribution in [2.45, 2.75) is 26.2 Å². The zero-order valence-corrected chi connectivity index (χ0v) is 12.8. The number of aromatic amines is 1. The Morgan fingerprint density at radius 1 is 0.900 bits per heavy atom. The maximum absolute atomic E-state index is 5.94. The number of benzene rings is 2. The summed E-state index contributed by atoms with van der Waals surface area (Å²) in [5, 5.41) is 2.02. The molecular formula is C18H18ClN. The van der Waals surface area contributed by atoms with Gasteiger partial charge in [0.15, 0.2) is 0 Å². The number of fused-ring (bicyclic) bond motifs is 1. The predicted octanol–water partition coefficient (Wildman–Crippen LogP) is 5.79. The van der Waals surface area contributed by atoms with E-state index in [-0.39, 0.29) is 5.41 Å². The third kappa shape index (κ3) is 2.46. The van der Waals surface area contributed by atoms with Crippen LogP contribution in [0.3, 0.4) is 0 Å². The van der Waals surface area contributed by atoms with Crippen LogP contribution in [-0.4, -0.2) is 4.98 Å². The molecule has 102 valence electrons. The molecule has 0 aliphatic heterocycles. The average molecular weight is 284 g/mol. The Hall–Kier alpha value is -1.73. The molecule has 0 saturated carbocycles. The third-order valence-corrected chi connectivity index (χ3v) is 3.89. The van der Waals surface area contributed by atoms with E-state index in [1.165, 1.54) is 16.5 Å². The Balaban J connectivity index is 2.09. The van der Waals surface area contributed by atoms with Gasteiger partial charge in [-0.15, -0.1) is 0 Å². The van der Waals surface area contributed by atoms with Gasteiger partial charge >= 0.3 is 0 Å². The van der Waals surface area contributed by atoms with Crippen molar-refractivity contribution < 1.29 is 0 Å². The summed E-state index contributed by atoms with van der Waals surface area (Å²) < 4.78 is 0. The molecule has 0 unspecified atom stereocenters. The number of halogens is 1. The fourth-order valence-corrected chi connectivity index (χ4v) is 2.51. The quantitative estimate of drug-likeness (QED) is 0.582. The lowest BCUT2D eigenvalue weighted by molar-refractivity contribution is 0.591. The third-order valence-electron chi connectivity index (χ3n) is 3.64. The molecule has 0 saturated heterocycles. The summed E-state index contributed by atoms with van der Waals surface area (Å²) in [6, 6.07) is 16.8. The number of H-pyrrole nitrogens is 1. The molecule has 0 amide bonds. The van der Waals surface area contributed by atoms with Crippen LogP contribution in [0, 0.1) is 0 Å². The van der Waals surface area contributed by atoms with Crippen LogP contribution in [0.1, 0.15) is 26.3 Å². The summed E-state index contributed by atoms with van der Waals surface area (Å²) in [6.45, 7) is 6.71. The van der Waals surface area contributed by atoms with E-state index in [2.05, 4.69) is 50.0 Å². The van der Waals surface area contributed by atoms with Crippen molar-refractivity contribution in [1.29, 1.82) is 0 Å². The first-order chi connectivity index (χ1) is 9.43. The zero-order valence-electron chi connectivity index (χ0n) is 12.0. The van der Waals surface area contributed by atoms with E-state index in [0.717, 1.165) is 16.3 Å². The van der Waals surface area contributed by atoms with Crippen molar-refractivity contribution in [1.82, 2.24) is 4.98 Å². The molecular weight excluding hydrogens is 266 g/mol. The Morgan fingerprint density at radius 3 is 2.25 bits per heavy atom. The lowest BCUT2D eigenvalue weighted by Gasteiger charge is -2.18. The van der Waals surface area contributed by atoms with Gasteiger partial charge in [0.05, 0.1) is 0 Å². The molecule has 3 rings (SSSR count). The van der Waals surface area contributed by atoms with E-state index in [1.54, 1.807) is 0 Å². The normalized spacial score (nSPS) is 12.0. The first kappa shape index (κ1) is 13.3. The highest BCUT2D eigenvalue weighted by atomic mass is 35.5. The zero-order chi connectivity index (χ0) is 14.3. The van der Waals surface area contributed by atoms with Gasteiger partial charge in [-0.1, -0.05) is 50.6 Å². The van der Waals surface area contributed by atoms with Crippen LogP contribution < -0.4 is 0 Å². The number of aromatic nitrogens is 1.